The fraction of sp³-hybridized carbons (Fsp3) is 0.933. The van der Waals surface area contributed by atoms with Crippen molar-refractivity contribution in [2.45, 2.75) is 70.6 Å². The largest absolute Gasteiger partial charge is 0.375 e. The molecule has 0 spiro atoms. The van der Waals surface area contributed by atoms with E-state index in [4.69, 9.17) is 10.5 Å². The minimum Gasteiger partial charge on any atom is -0.375 e. The number of rotatable bonds is 3. The Morgan fingerprint density at radius 3 is 2.63 bits per heavy atom. The van der Waals surface area contributed by atoms with Crippen molar-refractivity contribution >= 4 is 5.91 Å². The number of amides is 1. The SMILES string of the molecule is CC1CN(C(=O)CCC2CCC(N)CC2)C(C)CO1. The molecule has 2 unspecified atom stereocenters. The van der Waals surface area contributed by atoms with Crippen molar-refractivity contribution in [3.8, 4) is 0 Å². The van der Waals surface area contributed by atoms with Gasteiger partial charge in [-0.15, -0.1) is 0 Å². The molecule has 0 aromatic heterocycles. The van der Waals surface area contributed by atoms with E-state index in [0.29, 0.717) is 30.9 Å². The van der Waals surface area contributed by atoms with Crippen LogP contribution < -0.4 is 5.73 Å². The van der Waals surface area contributed by atoms with Gasteiger partial charge in [0.15, 0.2) is 0 Å². The lowest BCUT2D eigenvalue weighted by Crippen LogP contribution is -2.50. The van der Waals surface area contributed by atoms with Crippen LogP contribution in [0.2, 0.25) is 0 Å². The smallest absolute Gasteiger partial charge is 0.222 e. The number of hydrogen-bond acceptors (Lipinski definition) is 3. The zero-order chi connectivity index (χ0) is 13.8. The van der Waals surface area contributed by atoms with Gasteiger partial charge in [-0.05, 0) is 51.9 Å². The molecule has 2 fully saturated rings. The molecule has 0 aromatic carbocycles. The summed E-state index contributed by atoms with van der Waals surface area (Å²) in [6.07, 6.45) is 6.55. The molecular weight excluding hydrogens is 240 g/mol. The van der Waals surface area contributed by atoms with E-state index in [0.717, 1.165) is 25.8 Å². The maximum Gasteiger partial charge on any atom is 0.222 e. The second kappa shape index (κ2) is 6.71. The third kappa shape index (κ3) is 4.18. The normalized spacial score (nSPS) is 36.3. The van der Waals surface area contributed by atoms with Crippen LogP contribution in [0.1, 0.15) is 52.4 Å². The highest BCUT2D eigenvalue weighted by Gasteiger charge is 2.28. The maximum atomic E-state index is 12.3. The number of morpholine rings is 1. The summed E-state index contributed by atoms with van der Waals surface area (Å²) in [5.74, 6) is 1.01. The van der Waals surface area contributed by atoms with Crippen LogP contribution in [0.5, 0.6) is 0 Å². The van der Waals surface area contributed by atoms with Gasteiger partial charge in [0.25, 0.3) is 0 Å². The molecule has 2 rings (SSSR count). The van der Waals surface area contributed by atoms with Crippen LogP contribution in [0.3, 0.4) is 0 Å². The summed E-state index contributed by atoms with van der Waals surface area (Å²) in [6, 6.07) is 0.621. The lowest BCUT2D eigenvalue weighted by atomic mass is 9.83. The average Bonchev–Trinajstić information content (AvgIpc) is 2.40. The monoisotopic (exact) mass is 268 g/mol. The Bertz CT molecular complexity index is 301. The van der Waals surface area contributed by atoms with Crippen LogP contribution in [0.25, 0.3) is 0 Å². The van der Waals surface area contributed by atoms with E-state index in [2.05, 4.69) is 6.92 Å². The first-order valence-electron chi connectivity index (χ1n) is 7.73. The molecule has 2 N–H and O–H groups in total. The predicted octanol–water partition coefficient (Wildman–Crippen LogP) is 1.92. The molecule has 2 aliphatic rings. The predicted molar refractivity (Wildman–Crippen MR) is 75.8 cm³/mol. The molecule has 0 bridgehead atoms. The number of hydrogen-bond donors (Lipinski definition) is 1. The molecule has 0 aromatic rings. The van der Waals surface area contributed by atoms with Crippen molar-refractivity contribution in [2.75, 3.05) is 13.2 Å². The van der Waals surface area contributed by atoms with Gasteiger partial charge in [-0.3, -0.25) is 4.79 Å². The zero-order valence-corrected chi connectivity index (χ0v) is 12.3. The van der Waals surface area contributed by atoms with Crippen LogP contribution in [0.15, 0.2) is 0 Å². The molecule has 1 saturated carbocycles. The van der Waals surface area contributed by atoms with Crippen LogP contribution >= 0.6 is 0 Å². The fourth-order valence-corrected chi connectivity index (χ4v) is 3.20. The Hall–Kier alpha value is -0.610. The van der Waals surface area contributed by atoms with Crippen molar-refractivity contribution in [1.29, 1.82) is 0 Å². The first kappa shape index (κ1) is 14.8. The number of nitrogens with zero attached hydrogens (tertiary/aromatic N) is 1. The minimum atomic E-state index is 0.174. The number of carbonyl (C=O) groups excluding carboxylic acids is 1. The molecule has 1 amide bonds. The highest BCUT2D eigenvalue weighted by Crippen LogP contribution is 2.27. The Morgan fingerprint density at radius 1 is 1.26 bits per heavy atom. The standard InChI is InChI=1S/C15H28N2O2/c1-11-10-19-12(2)9-17(11)15(18)8-5-13-3-6-14(16)7-4-13/h11-14H,3-10,16H2,1-2H3. The summed E-state index contributed by atoms with van der Waals surface area (Å²) < 4.78 is 5.57. The number of ether oxygens (including phenoxy) is 1. The Balaban J connectivity index is 1.74. The van der Waals surface area contributed by atoms with E-state index in [1.807, 2.05) is 11.8 Å². The van der Waals surface area contributed by atoms with Gasteiger partial charge in [-0.1, -0.05) is 0 Å². The molecule has 1 heterocycles. The Labute approximate surface area is 116 Å². The van der Waals surface area contributed by atoms with Gasteiger partial charge in [0.2, 0.25) is 5.91 Å². The summed E-state index contributed by atoms with van der Waals surface area (Å²) in [5.41, 5.74) is 5.91. The summed E-state index contributed by atoms with van der Waals surface area (Å²) in [6.45, 7) is 5.53. The van der Waals surface area contributed by atoms with Crippen LogP contribution in [0, 0.1) is 5.92 Å². The van der Waals surface area contributed by atoms with E-state index < -0.39 is 0 Å². The van der Waals surface area contributed by atoms with Crippen molar-refractivity contribution in [1.82, 2.24) is 4.90 Å². The first-order valence-corrected chi connectivity index (χ1v) is 7.73. The molecule has 1 aliphatic heterocycles. The van der Waals surface area contributed by atoms with Crippen molar-refractivity contribution in [3.05, 3.63) is 0 Å². The summed E-state index contributed by atoms with van der Waals surface area (Å²) in [5, 5.41) is 0. The lowest BCUT2D eigenvalue weighted by molar-refractivity contribution is -0.143. The van der Waals surface area contributed by atoms with E-state index >= 15 is 0 Å². The van der Waals surface area contributed by atoms with Crippen LogP contribution in [0.4, 0.5) is 0 Å². The quantitative estimate of drug-likeness (QED) is 0.851. The highest BCUT2D eigenvalue weighted by atomic mass is 16.5. The molecule has 110 valence electrons. The minimum absolute atomic E-state index is 0.174. The maximum absolute atomic E-state index is 12.3. The number of carbonyl (C=O) groups is 1. The van der Waals surface area contributed by atoms with Crippen molar-refractivity contribution < 1.29 is 9.53 Å². The topological polar surface area (TPSA) is 55.6 Å². The Kier molecular flexibility index (Phi) is 5.22. The molecule has 2 atom stereocenters. The van der Waals surface area contributed by atoms with Gasteiger partial charge in [0.1, 0.15) is 0 Å². The Morgan fingerprint density at radius 2 is 1.95 bits per heavy atom. The summed E-state index contributed by atoms with van der Waals surface area (Å²) >= 11 is 0. The van der Waals surface area contributed by atoms with Gasteiger partial charge < -0.3 is 15.4 Å². The second-order valence-corrected chi connectivity index (χ2v) is 6.36. The van der Waals surface area contributed by atoms with E-state index in [9.17, 15) is 4.79 Å². The van der Waals surface area contributed by atoms with Crippen molar-refractivity contribution in [2.24, 2.45) is 11.7 Å². The molecule has 4 nitrogen and oxygen atoms in total. The average molecular weight is 268 g/mol. The molecular formula is C15H28N2O2. The van der Waals surface area contributed by atoms with Crippen LogP contribution in [-0.4, -0.2) is 42.1 Å². The fourth-order valence-electron chi connectivity index (χ4n) is 3.20. The van der Waals surface area contributed by atoms with Gasteiger partial charge in [-0.2, -0.15) is 0 Å². The van der Waals surface area contributed by atoms with Crippen LogP contribution in [-0.2, 0) is 9.53 Å². The molecule has 0 radical (unpaired) electrons. The highest BCUT2D eigenvalue weighted by molar-refractivity contribution is 5.76. The van der Waals surface area contributed by atoms with Gasteiger partial charge in [0.05, 0.1) is 18.8 Å². The van der Waals surface area contributed by atoms with E-state index in [1.165, 1.54) is 12.8 Å². The van der Waals surface area contributed by atoms with E-state index in [1.54, 1.807) is 0 Å². The van der Waals surface area contributed by atoms with Gasteiger partial charge >= 0.3 is 0 Å². The third-order valence-electron chi connectivity index (χ3n) is 4.59. The molecule has 1 saturated heterocycles. The summed E-state index contributed by atoms with van der Waals surface area (Å²) in [7, 11) is 0. The summed E-state index contributed by atoms with van der Waals surface area (Å²) in [4.78, 5) is 14.3. The first-order chi connectivity index (χ1) is 9.06. The molecule has 1 aliphatic carbocycles. The third-order valence-corrected chi connectivity index (χ3v) is 4.59. The molecule has 19 heavy (non-hydrogen) atoms. The van der Waals surface area contributed by atoms with Gasteiger partial charge in [0, 0.05) is 19.0 Å². The second-order valence-electron chi connectivity index (χ2n) is 6.36. The number of nitrogens with two attached hydrogens (primary N) is 1. The molecule has 4 heteroatoms. The zero-order valence-electron chi connectivity index (χ0n) is 12.3. The van der Waals surface area contributed by atoms with E-state index in [-0.39, 0.29) is 12.1 Å². The van der Waals surface area contributed by atoms with Gasteiger partial charge in [-0.25, -0.2) is 0 Å². The van der Waals surface area contributed by atoms with Crippen molar-refractivity contribution in [3.63, 3.8) is 0 Å². The lowest BCUT2D eigenvalue weighted by Gasteiger charge is -2.37.